The van der Waals surface area contributed by atoms with Crippen molar-refractivity contribution in [3.05, 3.63) is 71.4 Å². The minimum absolute atomic E-state index is 0.113. The number of nitrogens with zero attached hydrogens (tertiary/aromatic N) is 1. The Kier molecular flexibility index (Phi) is 4.08. The molecule has 1 aromatic heterocycles. The van der Waals surface area contributed by atoms with Gasteiger partial charge in [0, 0.05) is 23.0 Å². The number of fused-ring (bicyclic) bond motifs is 3. The number of aromatic amines is 1. The Labute approximate surface area is 150 Å². The number of H-pyrrole nitrogens is 1. The van der Waals surface area contributed by atoms with Crippen LogP contribution in [0.25, 0.3) is 10.9 Å². The summed E-state index contributed by atoms with van der Waals surface area (Å²) in [4.78, 5) is 28.9. The molecule has 0 fully saturated rings. The molecule has 132 valence electrons. The van der Waals surface area contributed by atoms with Crippen LogP contribution in [-0.4, -0.2) is 33.1 Å². The van der Waals surface area contributed by atoms with Crippen molar-refractivity contribution in [1.29, 1.82) is 0 Å². The number of aliphatic carboxylic acids is 1. The van der Waals surface area contributed by atoms with E-state index in [0.29, 0.717) is 0 Å². The average molecular weight is 350 g/mol. The smallest absolute Gasteiger partial charge is 0.411 e. The van der Waals surface area contributed by atoms with E-state index in [2.05, 4.69) is 4.98 Å². The van der Waals surface area contributed by atoms with Crippen LogP contribution in [-0.2, 0) is 29.1 Å². The topological polar surface area (TPSA) is 82.6 Å². The molecular formula is C20H18N2O4. The van der Waals surface area contributed by atoms with E-state index in [0.717, 1.165) is 27.7 Å². The van der Waals surface area contributed by atoms with Gasteiger partial charge in [0.2, 0.25) is 0 Å². The first kappa shape index (κ1) is 16.2. The first-order valence-electron chi connectivity index (χ1n) is 8.42. The van der Waals surface area contributed by atoms with Gasteiger partial charge in [-0.3, -0.25) is 4.90 Å². The van der Waals surface area contributed by atoms with Crippen LogP contribution >= 0.6 is 0 Å². The molecule has 2 N–H and O–H groups in total. The van der Waals surface area contributed by atoms with E-state index in [1.165, 1.54) is 4.90 Å². The predicted octanol–water partition coefficient (Wildman–Crippen LogP) is 3.32. The minimum atomic E-state index is -1.03. The third-order valence-corrected chi connectivity index (χ3v) is 4.73. The molecular weight excluding hydrogens is 332 g/mol. The quantitative estimate of drug-likeness (QED) is 0.759. The zero-order valence-corrected chi connectivity index (χ0v) is 14.0. The summed E-state index contributed by atoms with van der Waals surface area (Å²) in [6.45, 7) is 0.302. The summed E-state index contributed by atoms with van der Waals surface area (Å²) in [6.07, 6.45) is -0.361. The first-order valence-corrected chi connectivity index (χ1v) is 8.42. The van der Waals surface area contributed by atoms with Crippen molar-refractivity contribution in [2.24, 2.45) is 0 Å². The maximum absolute atomic E-state index is 12.5. The Morgan fingerprint density at radius 1 is 1.12 bits per heavy atom. The molecule has 1 aliphatic rings. The molecule has 6 nitrogen and oxygen atoms in total. The molecule has 0 saturated carbocycles. The molecule has 0 unspecified atom stereocenters. The van der Waals surface area contributed by atoms with Crippen molar-refractivity contribution >= 4 is 23.0 Å². The highest BCUT2D eigenvalue weighted by molar-refractivity contribution is 5.88. The fourth-order valence-electron chi connectivity index (χ4n) is 3.42. The maximum Gasteiger partial charge on any atom is 0.411 e. The van der Waals surface area contributed by atoms with Crippen molar-refractivity contribution in [1.82, 2.24) is 9.88 Å². The lowest BCUT2D eigenvalue weighted by atomic mass is 9.97. The number of hydrogen-bond donors (Lipinski definition) is 2. The molecule has 1 aliphatic heterocycles. The molecule has 2 heterocycles. The van der Waals surface area contributed by atoms with Crippen molar-refractivity contribution < 1.29 is 19.4 Å². The van der Waals surface area contributed by atoms with Crippen molar-refractivity contribution in [3.63, 3.8) is 0 Å². The maximum atomic E-state index is 12.5. The number of rotatable bonds is 3. The summed E-state index contributed by atoms with van der Waals surface area (Å²) < 4.78 is 5.35. The van der Waals surface area contributed by atoms with Crippen molar-refractivity contribution in [2.45, 2.75) is 25.6 Å². The summed E-state index contributed by atoms with van der Waals surface area (Å²) in [5.41, 5.74) is 3.62. The van der Waals surface area contributed by atoms with Gasteiger partial charge in [-0.15, -0.1) is 0 Å². The number of carbonyl (C=O) groups excluding carboxylic acids is 1. The van der Waals surface area contributed by atoms with Gasteiger partial charge in [0.05, 0.1) is 6.54 Å². The van der Waals surface area contributed by atoms with E-state index in [9.17, 15) is 14.7 Å². The Morgan fingerprint density at radius 2 is 1.85 bits per heavy atom. The summed E-state index contributed by atoms with van der Waals surface area (Å²) in [7, 11) is 0. The number of carbonyl (C=O) groups is 2. The van der Waals surface area contributed by atoms with Crippen LogP contribution in [0.4, 0.5) is 4.79 Å². The number of amides is 1. The zero-order chi connectivity index (χ0) is 18.1. The van der Waals surface area contributed by atoms with E-state index >= 15 is 0 Å². The van der Waals surface area contributed by atoms with Gasteiger partial charge in [0.25, 0.3) is 0 Å². The zero-order valence-electron chi connectivity index (χ0n) is 14.0. The van der Waals surface area contributed by atoms with Gasteiger partial charge in [-0.2, -0.15) is 0 Å². The molecule has 6 heteroatoms. The second-order valence-corrected chi connectivity index (χ2v) is 6.35. The minimum Gasteiger partial charge on any atom is -0.480 e. The second kappa shape index (κ2) is 6.55. The number of carboxylic acids is 1. The summed E-state index contributed by atoms with van der Waals surface area (Å²) in [5.74, 6) is -1.03. The lowest BCUT2D eigenvalue weighted by Gasteiger charge is -2.32. The van der Waals surface area contributed by atoms with Crippen LogP contribution in [0, 0.1) is 0 Å². The number of ether oxygens (including phenoxy) is 1. The van der Waals surface area contributed by atoms with E-state index in [1.54, 1.807) is 0 Å². The van der Waals surface area contributed by atoms with Crippen LogP contribution in [0.5, 0.6) is 0 Å². The van der Waals surface area contributed by atoms with Crippen LogP contribution in [0.3, 0.4) is 0 Å². The molecule has 1 atom stereocenters. The number of aromatic nitrogens is 1. The Morgan fingerprint density at radius 3 is 2.62 bits per heavy atom. The average Bonchev–Trinajstić information content (AvgIpc) is 3.03. The summed E-state index contributed by atoms with van der Waals surface area (Å²) >= 11 is 0. The SMILES string of the molecule is O=C(O)[C@H]1Cc2c([nH]c3ccccc23)CN1C(=O)OCc1ccccc1. The molecule has 4 rings (SSSR count). The highest BCUT2D eigenvalue weighted by Crippen LogP contribution is 2.30. The molecule has 3 aromatic rings. The van der Waals surface area contributed by atoms with E-state index in [4.69, 9.17) is 4.74 Å². The Balaban J connectivity index is 1.58. The molecule has 0 saturated heterocycles. The molecule has 0 bridgehead atoms. The van der Waals surface area contributed by atoms with Gasteiger partial charge in [-0.1, -0.05) is 48.5 Å². The molecule has 0 spiro atoms. The van der Waals surface area contributed by atoms with Crippen LogP contribution < -0.4 is 0 Å². The summed E-state index contributed by atoms with van der Waals surface area (Å²) in [5, 5.41) is 10.6. The van der Waals surface area contributed by atoms with Gasteiger partial charge < -0.3 is 14.8 Å². The third kappa shape index (κ3) is 2.90. The van der Waals surface area contributed by atoms with Gasteiger partial charge >= 0.3 is 12.1 Å². The molecule has 26 heavy (non-hydrogen) atoms. The highest BCUT2D eigenvalue weighted by atomic mass is 16.6. The van der Waals surface area contributed by atoms with Gasteiger partial charge in [-0.25, -0.2) is 9.59 Å². The number of hydrogen-bond acceptors (Lipinski definition) is 3. The molecule has 1 amide bonds. The van der Waals surface area contributed by atoms with E-state index in [-0.39, 0.29) is 19.6 Å². The summed E-state index contributed by atoms with van der Waals surface area (Å²) in [6, 6.07) is 16.1. The number of carboxylic acid groups (broad SMARTS) is 1. The fraction of sp³-hybridized carbons (Fsp3) is 0.200. The fourth-order valence-corrected chi connectivity index (χ4v) is 3.42. The normalized spacial score (nSPS) is 16.3. The van der Waals surface area contributed by atoms with E-state index < -0.39 is 18.1 Å². The van der Waals surface area contributed by atoms with E-state index in [1.807, 2.05) is 54.6 Å². The van der Waals surface area contributed by atoms with Crippen LogP contribution in [0.1, 0.15) is 16.8 Å². The number of nitrogens with one attached hydrogen (secondary N) is 1. The lowest BCUT2D eigenvalue weighted by Crippen LogP contribution is -2.48. The standard InChI is InChI=1S/C20H18N2O4/c23-19(24)18-10-15-14-8-4-5-9-16(14)21-17(15)11-22(18)20(25)26-12-13-6-2-1-3-7-13/h1-9,18,21H,10-12H2,(H,23,24)/t18-/m1/s1. The molecule has 2 aromatic carbocycles. The number of para-hydroxylation sites is 1. The predicted molar refractivity (Wildman–Crippen MR) is 95.6 cm³/mol. The van der Waals surface area contributed by atoms with Gasteiger partial charge in [0.1, 0.15) is 12.6 Å². The Hall–Kier alpha value is -3.28. The van der Waals surface area contributed by atoms with Gasteiger partial charge in [0.15, 0.2) is 0 Å². The van der Waals surface area contributed by atoms with Crippen molar-refractivity contribution in [3.8, 4) is 0 Å². The Bertz CT molecular complexity index is 964. The molecule has 0 aliphatic carbocycles. The third-order valence-electron chi connectivity index (χ3n) is 4.73. The largest absolute Gasteiger partial charge is 0.480 e. The molecule has 0 radical (unpaired) electrons. The lowest BCUT2D eigenvalue weighted by molar-refractivity contribution is -0.143. The monoisotopic (exact) mass is 350 g/mol. The van der Waals surface area contributed by atoms with Crippen LogP contribution in [0.2, 0.25) is 0 Å². The highest BCUT2D eigenvalue weighted by Gasteiger charge is 2.37. The first-order chi connectivity index (χ1) is 12.6. The number of benzene rings is 2. The van der Waals surface area contributed by atoms with Gasteiger partial charge in [-0.05, 0) is 17.2 Å². The van der Waals surface area contributed by atoms with Crippen molar-refractivity contribution in [2.75, 3.05) is 0 Å². The second-order valence-electron chi connectivity index (χ2n) is 6.35. The van der Waals surface area contributed by atoms with Crippen LogP contribution in [0.15, 0.2) is 54.6 Å².